The summed E-state index contributed by atoms with van der Waals surface area (Å²) in [6.45, 7) is 0.465. The van der Waals surface area contributed by atoms with Crippen LogP contribution >= 0.6 is 23.5 Å². The number of hydrogen-bond acceptors (Lipinski definition) is 7. The molecule has 8 heteroatoms. The Morgan fingerprint density at radius 3 is 2.50 bits per heavy atom. The van der Waals surface area contributed by atoms with Crippen molar-refractivity contribution in [3.05, 3.63) is 0 Å². The fraction of sp³-hybridized carbons (Fsp3) is 0.750. The van der Waals surface area contributed by atoms with Crippen LogP contribution in [0.15, 0.2) is 0 Å². The first-order valence-electron chi connectivity index (χ1n) is 6.17. The molecule has 1 aliphatic carbocycles. The van der Waals surface area contributed by atoms with Gasteiger partial charge in [-0.3, -0.25) is 9.59 Å². The van der Waals surface area contributed by atoms with E-state index in [1.165, 1.54) is 7.11 Å². The molecule has 20 heavy (non-hydrogen) atoms. The standard InChI is InChI=1S/C12H17NO5S2/c1-17-10(15)7-6-12(19-2,20-3)8(7)9(14)13-4-5-18-11(13)16/h7-8H,4-6H2,1-3H3. The Bertz CT molecular complexity index is 438. The second-order valence-electron chi connectivity index (χ2n) is 4.64. The SMILES string of the molecule is COC(=O)C1CC(SC)(SC)C1C(=O)N1CCOC1=O. The third-order valence-electron chi connectivity index (χ3n) is 3.87. The Morgan fingerprint density at radius 2 is 2.05 bits per heavy atom. The molecule has 1 aliphatic heterocycles. The number of hydrogen-bond donors (Lipinski definition) is 0. The van der Waals surface area contributed by atoms with Crippen LogP contribution in [0.5, 0.6) is 0 Å². The monoisotopic (exact) mass is 319 g/mol. The van der Waals surface area contributed by atoms with E-state index >= 15 is 0 Å². The van der Waals surface area contributed by atoms with Gasteiger partial charge in [-0.25, -0.2) is 9.69 Å². The minimum Gasteiger partial charge on any atom is -0.469 e. The van der Waals surface area contributed by atoms with E-state index in [0.717, 1.165) is 4.90 Å². The largest absolute Gasteiger partial charge is 0.469 e. The maximum absolute atomic E-state index is 12.6. The highest BCUT2D eigenvalue weighted by molar-refractivity contribution is 8.17. The predicted octanol–water partition coefficient (Wildman–Crippen LogP) is 1.20. The molecule has 0 aromatic heterocycles. The van der Waals surface area contributed by atoms with Crippen LogP contribution in [0.4, 0.5) is 4.79 Å². The van der Waals surface area contributed by atoms with Gasteiger partial charge in [-0.2, -0.15) is 0 Å². The summed E-state index contributed by atoms with van der Waals surface area (Å²) < 4.78 is 9.19. The molecule has 2 unspecified atom stereocenters. The highest BCUT2D eigenvalue weighted by Crippen LogP contribution is 2.59. The van der Waals surface area contributed by atoms with E-state index in [1.54, 1.807) is 23.5 Å². The van der Waals surface area contributed by atoms with Crippen LogP contribution in [0, 0.1) is 11.8 Å². The van der Waals surface area contributed by atoms with Crippen molar-refractivity contribution in [3.63, 3.8) is 0 Å². The smallest absolute Gasteiger partial charge is 0.416 e. The third kappa shape index (κ3) is 2.28. The first-order valence-corrected chi connectivity index (χ1v) is 8.62. The number of nitrogens with zero attached hydrogens (tertiary/aromatic N) is 1. The Balaban J connectivity index is 2.24. The number of ether oxygens (including phenoxy) is 2. The van der Waals surface area contributed by atoms with Crippen LogP contribution in [0.2, 0.25) is 0 Å². The first kappa shape index (κ1) is 15.5. The normalized spacial score (nSPS) is 27.8. The summed E-state index contributed by atoms with van der Waals surface area (Å²) in [4.78, 5) is 37.0. The van der Waals surface area contributed by atoms with Crippen LogP contribution in [-0.4, -0.2) is 59.7 Å². The summed E-state index contributed by atoms with van der Waals surface area (Å²) in [7, 11) is 1.31. The number of imide groups is 1. The van der Waals surface area contributed by atoms with Crippen molar-refractivity contribution in [2.45, 2.75) is 10.5 Å². The van der Waals surface area contributed by atoms with Crippen molar-refractivity contribution in [1.82, 2.24) is 4.90 Å². The second-order valence-corrected chi connectivity index (χ2v) is 7.17. The van der Waals surface area contributed by atoms with Crippen LogP contribution in [0.25, 0.3) is 0 Å². The van der Waals surface area contributed by atoms with E-state index in [9.17, 15) is 14.4 Å². The zero-order chi connectivity index (χ0) is 14.9. The number of cyclic esters (lactones) is 1. The highest BCUT2D eigenvalue weighted by Gasteiger charge is 2.61. The molecule has 2 fully saturated rings. The van der Waals surface area contributed by atoms with Gasteiger partial charge in [-0.15, -0.1) is 23.5 Å². The van der Waals surface area contributed by atoms with E-state index in [1.807, 2.05) is 12.5 Å². The van der Waals surface area contributed by atoms with Crippen LogP contribution < -0.4 is 0 Å². The lowest BCUT2D eigenvalue weighted by Crippen LogP contribution is -2.59. The Kier molecular flexibility index (Phi) is 4.53. The molecule has 0 aromatic rings. The molecule has 1 saturated carbocycles. The zero-order valence-corrected chi connectivity index (χ0v) is 13.2. The number of thioether (sulfide) groups is 2. The summed E-state index contributed by atoms with van der Waals surface area (Å²) in [5.41, 5.74) is 0. The molecule has 1 heterocycles. The van der Waals surface area contributed by atoms with Gasteiger partial charge in [0, 0.05) is 0 Å². The number of methoxy groups -OCH3 is 1. The van der Waals surface area contributed by atoms with Gasteiger partial charge >= 0.3 is 12.1 Å². The lowest BCUT2D eigenvalue weighted by Gasteiger charge is -2.51. The van der Waals surface area contributed by atoms with Gasteiger partial charge in [0.15, 0.2) is 0 Å². The molecule has 0 spiro atoms. The van der Waals surface area contributed by atoms with Crippen molar-refractivity contribution in [2.24, 2.45) is 11.8 Å². The van der Waals surface area contributed by atoms with Crippen LogP contribution in [0.3, 0.4) is 0 Å². The minimum absolute atomic E-state index is 0.214. The van der Waals surface area contributed by atoms with Crippen molar-refractivity contribution in [3.8, 4) is 0 Å². The summed E-state index contributed by atoms with van der Waals surface area (Å²) in [6.07, 6.45) is 3.77. The van der Waals surface area contributed by atoms with Gasteiger partial charge in [0.2, 0.25) is 5.91 Å². The van der Waals surface area contributed by atoms with E-state index in [4.69, 9.17) is 9.47 Å². The Morgan fingerprint density at radius 1 is 1.40 bits per heavy atom. The summed E-state index contributed by atoms with van der Waals surface area (Å²) in [5, 5.41) is 0. The van der Waals surface area contributed by atoms with Gasteiger partial charge in [-0.05, 0) is 18.9 Å². The molecule has 2 atom stereocenters. The summed E-state index contributed by atoms with van der Waals surface area (Å²) >= 11 is 3.09. The summed E-state index contributed by atoms with van der Waals surface area (Å²) in [6, 6.07) is 0. The molecule has 2 rings (SSSR count). The lowest BCUT2D eigenvalue weighted by atomic mass is 9.71. The zero-order valence-electron chi connectivity index (χ0n) is 11.6. The molecule has 0 radical (unpaired) electrons. The second kappa shape index (κ2) is 5.85. The molecule has 0 N–H and O–H groups in total. The molecular weight excluding hydrogens is 302 g/mol. The van der Waals surface area contributed by atoms with Gasteiger partial charge in [-0.1, -0.05) is 0 Å². The first-order chi connectivity index (χ1) is 9.50. The Labute approximate surface area is 125 Å². The van der Waals surface area contributed by atoms with Crippen molar-refractivity contribution >= 4 is 41.5 Å². The van der Waals surface area contributed by atoms with Crippen LogP contribution in [0.1, 0.15) is 6.42 Å². The minimum atomic E-state index is -0.623. The van der Waals surface area contributed by atoms with Crippen LogP contribution in [-0.2, 0) is 19.1 Å². The number of esters is 1. The van der Waals surface area contributed by atoms with Gasteiger partial charge in [0.1, 0.15) is 6.61 Å². The van der Waals surface area contributed by atoms with E-state index < -0.39 is 23.9 Å². The highest BCUT2D eigenvalue weighted by atomic mass is 32.2. The van der Waals surface area contributed by atoms with Gasteiger partial charge in [0.05, 0.1) is 29.6 Å². The van der Waals surface area contributed by atoms with E-state index in [0.29, 0.717) is 6.42 Å². The van der Waals surface area contributed by atoms with Crippen molar-refractivity contribution < 1.29 is 23.9 Å². The molecule has 2 amide bonds. The maximum atomic E-state index is 12.6. The maximum Gasteiger partial charge on any atom is 0.416 e. The lowest BCUT2D eigenvalue weighted by molar-refractivity contribution is -0.158. The molecule has 0 bridgehead atoms. The number of rotatable bonds is 4. The number of carbonyl (C=O) groups is 3. The topological polar surface area (TPSA) is 72.9 Å². The molecule has 2 aliphatic rings. The van der Waals surface area contributed by atoms with Crippen molar-refractivity contribution in [2.75, 3.05) is 32.8 Å². The fourth-order valence-corrected chi connectivity index (χ4v) is 5.09. The molecular formula is C12H17NO5S2. The number of carbonyl (C=O) groups excluding carboxylic acids is 3. The predicted molar refractivity (Wildman–Crippen MR) is 76.4 cm³/mol. The van der Waals surface area contributed by atoms with Gasteiger partial charge in [0.25, 0.3) is 0 Å². The van der Waals surface area contributed by atoms with E-state index in [2.05, 4.69) is 0 Å². The molecule has 1 saturated heterocycles. The van der Waals surface area contributed by atoms with E-state index in [-0.39, 0.29) is 23.1 Å². The number of amides is 2. The third-order valence-corrected chi connectivity index (χ3v) is 7.09. The Hall–Kier alpha value is -0.890. The average Bonchev–Trinajstić information content (AvgIpc) is 2.85. The van der Waals surface area contributed by atoms with Crippen molar-refractivity contribution in [1.29, 1.82) is 0 Å². The molecule has 0 aromatic carbocycles. The quantitative estimate of drug-likeness (QED) is 0.569. The molecule has 112 valence electrons. The molecule has 6 nitrogen and oxygen atoms in total. The summed E-state index contributed by atoms with van der Waals surface area (Å²) in [5.74, 6) is -1.76. The fourth-order valence-electron chi connectivity index (χ4n) is 2.69. The van der Waals surface area contributed by atoms with Gasteiger partial charge < -0.3 is 9.47 Å². The average molecular weight is 319 g/mol.